The van der Waals surface area contributed by atoms with Gasteiger partial charge < -0.3 is 24.5 Å². The summed E-state index contributed by atoms with van der Waals surface area (Å²) in [7, 11) is -7.77. The van der Waals surface area contributed by atoms with E-state index in [1.165, 1.54) is 40.3 Å². The van der Waals surface area contributed by atoms with Gasteiger partial charge in [0.25, 0.3) is 5.56 Å². The molecule has 19 nitrogen and oxygen atoms in total. The average Bonchev–Trinajstić information content (AvgIpc) is 3.77. The number of nitrogens with two attached hydrogens (primary N) is 1. The van der Waals surface area contributed by atoms with Crippen molar-refractivity contribution < 1.29 is 41.6 Å². The molecule has 0 amide bonds. The number of hydrogen-bond acceptors (Lipinski definition) is 13. The van der Waals surface area contributed by atoms with Gasteiger partial charge in [0.15, 0.2) is 17.0 Å². The first-order chi connectivity index (χ1) is 22.0. The lowest BCUT2D eigenvalue weighted by Gasteiger charge is -2.44. The van der Waals surface area contributed by atoms with Crippen molar-refractivity contribution in [3.63, 3.8) is 0 Å². The molecule has 5 N–H and O–H groups in total. The second-order valence-electron chi connectivity index (χ2n) is 10.8. The molecule has 7 rings (SSSR count). The number of imidazole rings is 3. The normalized spacial score (nSPS) is 26.4. The van der Waals surface area contributed by atoms with E-state index in [-0.39, 0.29) is 41.5 Å². The first kappa shape index (κ1) is 30.5. The molecule has 242 valence electrons. The maximum atomic E-state index is 15.1. The van der Waals surface area contributed by atoms with Crippen molar-refractivity contribution in [3.8, 4) is 0 Å². The maximum Gasteiger partial charge on any atom is 0.694 e. The molecule has 46 heavy (non-hydrogen) atoms. The Morgan fingerprint density at radius 1 is 1.20 bits per heavy atom. The van der Waals surface area contributed by atoms with Crippen LogP contribution >= 0.6 is 16.1 Å². The number of phosphoric ester groups is 1. The van der Waals surface area contributed by atoms with Crippen LogP contribution in [0, 0.1) is 11.8 Å². The number of alkyl halides is 1. The van der Waals surface area contributed by atoms with Gasteiger partial charge in [-0.05, 0) is 6.42 Å². The van der Waals surface area contributed by atoms with Crippen LogP contribution in [-0.2, 0) is 27.4 Å². The molecule has 2 fully saturated rings. The quantitative estimate of drug-likeness (QED) is 0.115. The lowest BCUT2D eigenvalue weighted by molar-refractivity contribution is -0.0339. The van der Waals surface area contributed by atoms with Crippen molar-refractivity contribution in [1.29, 1.82) is 0 Å². The van der Waals surface area contributed by atoms with E-state index in [0.717, 1.165) is 0 Å². The zero-order valence-electron chi connectivity index (χ0n) is 23.6. The van der Waals surface area contributed by atoms with Crippen LogP contribution in [-0.4, -0.2) is 78.7 Å². The molecule has 22 heteroatoms. The monoisotopic (exact) mass is 679 g/mol. The number of nitrogens with zero attached hydrogens (tertiary/aromatic N) is 8. The van der Waals surface area contributed by atoms with Gasteiger partial charge in [-0.25, -0.2) is 38.3 Å². The Labute approximate surface area is 257 Å². The molecule has 2 unspecified atom stereocenters. The number of nitrogens with one attached hydrogen (secondary N) is 1. The molecule has 1 saturated heterocycles. The average molecular weight is 679 g/mol. The summed E-state index contributed by atoms with van der Waals surface area (Å²) in [5, 5.41) is 0. The van der Waals surface area contributed by atoms with Gasteiger partial charge in [-0.2, -0.15) is 0 Å². The van der Waals surface area contributed by atoms with E-state index in [1.807, 2.05) is 0 Å². The fourth-order valence-electron chi connectivity index (χ4n) is 5.98. The zero-order chi connectivity index (χ0) is 32.3. The molecule has 5 aromatic heterocycles. The van der Waals surface area contributed by atoms with E-state index in [2.05, 4.69) is 36.5 Å². The summed E-state index contributed by atoms with van der Waals surface area (Å²) in [6.45, 7) is 3.00. The highest BCUT2D eigenvalue weighted by Crippen LogP contribution is 2.55. The summed E-state index contributed by atoms with van der Waals surface area (Å²) in [4.78, 5) is 56.0. The number of phosphoric acid groups is 1. The molecular weight excluding hydrogens is 653 g/mol. The third-order valence-electron chi connectivity index (χ3n) is 8.17. The highest BCUT2D eigenvalue weighted by atomic mass is 31.2. The Bertz CT molecular complexity index is 2100. The Kier molecular flexibility index (Phi) is 7.67. The summed E-state index contributed by atoms with van der Waals surface area (Å²) in [5.41, 5.74) is 6.60. The highest BCUT2D eigenvalue weighted by molar-refractivity contribution is 7.47. The smallest absolute Gasteiger partial charge is 0.409 e. The van der Waals surface area contributed by atoms with Crippen molar-refractivity contribution in [3.05, 3.63) is 54.1 Å². The van der Waals surface area contributed by atoms with Gasteiger partial charge in [0.2, 0.25) is 5.78 Å². The van der Waals surface area contributed by atoms with Crippen molar-refractivity contribution in [2.24, 2.45) is 11.8 Å². The molecule has 0 radical (unpaired) electrons. The lowest BCUT2D eigenvalue weighted by atomic mass is 9.68. The van der Waals surface area contributed by atoms with Crippen molar-refractivity contribution >= 4 is 50.0 Å². The summed E-state index contributed by atoms with van der Waals surface area (Å²) >= 11 is 0. The molecule has 8 atom stereocenters. The van der Waals surface area contributed by atoms with Gasteiger partial charge in [-0.1, -0.05) is 6.58 Å². The number of aromatic amines is 1. The van der Waals surface area contributed by atoms with Crippen LogP contribution in [0.2, 0.25) is 0 Å². The van der Waals surface area contributed by atoms with Crippen LogP contribution in [0.4, 0.5) is 10.2 Å². The SMILES string of the molecule is C=C(OP(=O)(O)OC[C@H]1O[C@@H](n2cnc3c(=O)n4ccnc4[nH]c32)C[C@@H]1F)[C@@H]1[C@@H](CO[P+](=O)O)C[C@H]1n1cnc2c(N)ncnc21. The molecule has 0 spiro atoms. The summed E-state index contributed by atoms with van der Waals surface area (Å²) < 4.78 is 64.8. The van der Waals surface area contributed by atoms with E-state index >= 15 is 4.39 Å². The third-order valence-corrected chi connectivity index (χ3v) is 9.49. The molecule has 2 aliphatic rings. The van der Waals surface area contributed by atoms with Gasteiger partial charge in [-0.15, -0.1) is 9.42 Å². The van der Waals surface area contributed by atoms with Crippen molar-refractivity contribution in [1.82, 2.24) is 43.4 Å². The van der Waals surface area contributed by atoms with Gasteiger partial charge >= 0.3 is 16.1 Å². The molecular formula is C24H26FN10O9P2+. The standard InChI is InChI=1S/C24H25FN10O9P2/c1-11(17-12(6-41-45(37)38)4-14(17)34-9-30-18-20(26)28-8-29-21(18)34)44-46(39,40)42-7-15-13(25)5-16(43-15)35-10-31-19-22(35)32-24-27-2-3-33(24)23(19)36/h2-3,8-10,12-17H,1,4-7H2,(H4-,26,27,28,29,32,36,37,38,39,40)/p+1/t12-,13+,14-,15-,16-,17-/m1/s1. The van der Waals surface area contributed by atoms with Gasteiger partial charge in [-0.3, -0.25) is 18.8 Å². The number of hydrogen-bond donors (Lipinski definition) is 4. The maximum absolute atomic E-state index is 15.1. The van der Waals surface area contributed by atoms with Crippen molar-refractivity contribution in [2.45, 2.75) is 37.4 Å². The molecule has 0 aromatic carbocycles. The summed E-state index contributed by atoms with van der Waals surface area (Å²) in [6, 6.07) is -0.453. The number of aromatic nitrogens is 9. The summed E-state index contributed by atoms with van der Waals surface area (Å²) in [5.74, 6) is -0.888. The molecule has 1 aliphatic carbocycles. The summed E-state index contributed by atoms with van der Waals surface area (Å²) in [6.07, 6.45) is 3.46. The van der Waals surface area contributed by atoms with Gasteiger partial charge in [0, 0.05) is 41.3 Å². The number of ether oxygens (including phenoxy) is 1. The Morgan fingerprint density at radius 3 is 2.78 bits per heavy atom. The minimum atomic E-state index is -4.87. The minimum Gasteiger partial charge on any atom is -0.409 e. The van der Waals surface area contributed by atoms with Crippen LogP contribution in [0.25, 0.3) is 28.1 Å². The number of allylic oxidation sites excluding steroid dienone is 1. The second kappa shape index (κ2) is 11.6. The molecule has 6 heterocycles. The predicted molar refractivity (Wildman–Crippen MR) is 155 cm³/mol. The number of fused-ring (bicyclic) bond motifs is 3. The van der Waals surface area contributed by atoms with E-state index in [1.54, 1.807) is 4.57 Å². The van der Waals surface area contributed by atoms with Crippen LogP contribution in [0.1, 0.15) is 25.1 Å². The fourth-order valence-corrected chi connectivity index (χ4v) is 7.11. The number of rotatable bonds is 11. The Morgan fingerprint density at radius 2 is 1.98 bits per heavy atom. The number of halogens is 1. The third kappa shape index (κ3) is 5.37. The second-order valence-corrected chi connectivity index (χ2v) is 12.9. The molecule has 1 saturated carbocycles. The lowest BCUT2D eigenvalue weighted by Crippen LogP contribution is -2.42. The van der Waals surface area contributed by atoms with Gasteiger partial charge in [0.1, 0.15) is 48.4 Å². The van der Waals surface area contributed by atoms with E-state index < -0.39 is 64.6 Å². The zero-order valence-corrected chi connectivity index (χ0v) is 25.4. The van der Waals surface area contributed by atoms with Gasteiger partial charge in [0.05, 0.1) is 19.3 Å². The Hall–Kier alpha value is -4.16. The van der Waals surface area contributed by atoms with Crippen molar-refractivity contribution in [2.75, 3.05) is 18.9 Å². The minimum absolute atomic E-state index is 0.0967. The van der Waals surface area contributed by atoms with Crippen LogP contribution in [0.5, 0.6) is 0 Å². The predicted octanol–water partition coefficient (Wildman–Crippen LogP) is 1.91. The van der Waals surface area contributed by atoms with Crippen LogP contribution in [0.3, 0.4) is 0 Å². The first-order valence-electron chi connectivity index (χ1n) is 13.8. The molecule has 0 bridgehead atoms. The van der Waals surface area contributed by atoms with Crippen LogP contribution in [0.15, 0.2) is 48.5 Å². The number of H-pyrrole nitrogens is 1. The highest BCUT2D eigenvalue weighted by Gasteiger charge is 2.48. The molecule has 1 aliphatic heterocycles. The Balaban J connectivity index is 1.03. The van der Waals surface area contributed by atoms with E-state index in [0.29, 0.717) is 17.6 Å². The first-order valence-corrected chi connectivity index (χ1v) is 16.4. The number of nitrogen functional groups attached to an aromatic ring is 1. The van der Waals surface area contributed by atoms with Crippen LogP contribution < -0.4 is 11.3 Å². The largest absolute Gasteiger partial charge is 0.694 e. The number of anilines is 1. The topological polar surface area (TPSA) is 249 Å². The molecule has 5 aromatic rings. The fraction of sp³-hybridized carbons (Fsp3) is 0.417. The van der Waals surface area contributed by atoms with E-state index in [4.69, 9.17) is 28.9 Å². The van der Waals surface area contributed by atoms with E-state index in [9.17, 15) is 18.8 Å².